The molecule has 0 aliphatic carbocycles. The maximum Gasteiger partial charge on any atom is 0.299 e. The first kappa shape index (κ1) is 11.9. The largest absolute Gasteiger partial charge is 0.468 e. The lowest BCUT2D eigenvalue weighted by molar-refractivity contribution is 0.349. The molecule has 0 bridgehead atoms. The lowest BCUT2D eigenvalue weighted by Crippen LogP contribution is -2.23. The molecule has 0 saturated heterocycles. The normalized spacial score (nSPS) is 11.1. The molecule has 0 spiro atoms. The Morgan fingerprint density at radius 3 is 3.00 bits per heavy atom. The Morgan fingerprint density at radius 2 is 2.26 bits per heavy atom. The molecule has 0 N–H and O–H groups in total. The van der Waals surface area contributed by atoms with Crippen molar-refractivity contribution in [1.82, 2.24) is 18.9 Å². The molecule has 0 amide bonds. The Morgan fingerprint density at radius 1 is 1.42 bits per heavy atom. The second-order valence-electron chi connectivity index (χ2n) is 4.13. The molecular formula is C12H12N4O2S. The predicted octanol–water partition coefficient (Wildman–Crippen LogP) is 1.32. The highest BCUT2D eigenvalue weighted by molar-refractivity contribution is 7.15. The van der Waals surface area contributed by atoms with Crippen LogP contribution in [-0.2, 0) is 6.54 Å². The minimum absolute atomic E-state index is 0.138. The number of fused-ring (bicyclic) bond motifs is 1. The van der Waals surface area contributed by atoms with Gasteiger partial charge in [0.05, 0.1) is 19.3 Å². The van der Waals surface area contributed by atoms with Crippen molar-refractivity contribution in [3.05, 3.63) is 45.6 Å². The zero-order chi connectivity index (χ0) is 13.4. The molecule has 6 nitrogen and oxygen atoms in total. The van der Waals surface area contributed by atoms with Crippen LogP contribution in [0.25, 0.3) is 4.96 Å². The molecule has 0 unspecified atom stereocenters. The van der Waals surface area contributed by atoms with Gasteiger partial charge in [0, 0.05) is 29.5 Å². The first-order valence-corrected chi connectivity index (χ1v) is 6.59. The van der Waals surface area contributed by atoms with E-state index in [-0.39, 0.29) is 5.56 Å². The predicted molar refractivity (Wildman–Crippen MR) is 72.0 cm³/mol. The zero-order valence-corrected chi connectivity index (χ0v) is 11.3. The van der Waals surface area contributed by atoms with Crippen molar-refractivity contribution in [2.24, 2.45) is 0 Å². The van der Waals surface area contributed by atoms with Crippen LogP contribution in [0.4, 0.5) is 0 Å². The SMILES string of the molecule is COc1nc(C)cc(=O)n1Cc1cn2ccsc2n1. The van der Waals surface area contributed by atoms with Crippen LogP contribution in [0.15, 0.2) is 28.6 Å². The van der Waals surface area contributed by atoms with E-state index >= 15 is 0 Å². The van der Waals surface area contributed by atoms with Gasteiger partial charge in [-0.2, -0.15) is 0 Å². The number of imidazole rings is 1. The van der Waals surface area contributed by atoms with Gasteiger partial charge in [0.15, 0.2) is 4.96 Å². The molecule has 3 heterocycles. The average molecular weight is 276 g/mol. The summed E-state index contributed by atoms with van der Waals surface area (Å²) in [6, 6.07) is 1.79. The van der Waals surface area contributed by atoms with E-state index in [1.165, 1.54) is 17.7 Å². The van der Waals surface area contributed by atoms with Crippen molar-refractivity contribution >= 4 is 16.3 Å². The van der Waals surface area contributed by atoms with E-state index in [1.54, 1.807) is 18.3 Å². The van der Waals surface area contributed by atoms with Gasteiger partial charge in [0.25, 0.3) is 11.6 Å². The van der Waals surface area contributed by atoms with E-state index in [4.69, 9.17) is 4.74 Å². The van der Waals surface area contributed by atoms with Crippen LogP contribution in [0.2, 0.25) is 0 Å². The summed E-state index contributed by atoms with van der Waals surface area (Å²) in [5.74, 6) is 0. The average Bonchev–Trinajstić information content (AvgIpc) is 2.92. The van der Waals surface area contributed by atoms with Gasteiger partial charge in [-0.05, 0) is 6.92 Å². The zero-order valence-electron chi connectivity index (χ0n) is 10.5. The van der Waals surface area contributed by atoms with Gasteiger partial charge in [-0.3, -0.25) is 13.8 Å². The molecule has 19 heavy (non-hydrogen) atoms. The van der Waals surface area contributed by atoms with Crippen LogP contribution in [0.5, 0.6) is 6.01 Å². The highest BCUT2D eigenvalue weighted by Crippen LogP contribution is 2.13. The Labute approximate surface area is 112 Å². The molecule has 0 aromatic carbocycles. The number of hydrogen-bond donors (Lipinski definition) is 0. The Bertz CT molecular complexity index is 758. The van der Waals surface area contributed by atoms with E-state index in [9.17, 15) is 4.79 Å². The first-order chi connectivity index (χ1) is 9.17. The lowest BCUT2D eigenvalue weighted by atomic mass is 10.4. The summed E-state index contributed by atoms with van der Waals surface area (Å²) in [5, 5.41) is 1.96. The molecule has 0 aliphatic rings. The summed E-state index contributed by atoms with van der Waals surface area (Å²) in [7, 11) is 1.50. The number of aromatic nitrogens is 4. The van der Waals surface area contributed by atoms with E-state index in [1.807, 2.05) is 22.2 Å². The van der Waals surface area contributed by atoms with E-state index in [0.717, 1.165) is 10.7 Å². The standard InChI is InChI=1S/C12H12N4O2S/c1-8-5-10(17)16(11(13-8)18-2)7-9-6-15-3-4-19-12(15)14-9/h3-6H,7H2,1-2H3. The summed E-state index contributed by atoms with van der Waals surface area (Å²) in [5.41, 5.74) is 1.31. The van der Waals surface area contributed by atoms with Gasteiger partial charge < -0.3 is 4.74 Å². The van der Waals surface area contributed by atoms with Gasteiger partial charge in [-0.15, -0.1) is 11.3 Å². The smallest absolute Gasteiger partial charge is 0.299 e. The molecule has 0 aliphatic heterocycles. The summed E-state index contributed by atoms with van der Waals surface area (Å²) in [6.07, 6.45) is 3.83. The number of hydrogen-bond acceptors (Lipinski definition) is 5. The third kappa shape index (κ3) is 2.12. The molecule has 98 valence electrons. The monoisotopic (exact) mass is 276 g/mol. The topological polar surface area (TPSA) is 61.4 Å². The van der Waals surface area contributed by atoms with Crippen LogP contribution in [0.3, 0.4) is 0 Å². The third-order valence-corrected chi connectivity index (χ3v) is 3.52. The minimum atomic E-state index is -0.138. The fourth-order valence-electron chi connectivity index (χ4n) is 1.91. The van der Waals surface area contributed by atoms with Gasteiger partial charge >= 0.3 is 0 Å². The van der Waals surface area contributed by atoms with E-state index in [2.05, 4.69) is 9.97 Å². The maximum absolute atomic E-state index is 12.0. The highest BCUT2D eigenvalue weighted by Gasteiger charge is 2.10. The van der Waals surface area contributed by atoms with Crippen LogP contribution >= 0.6 is 11.3 Å². The second-order valence-corrected chi connectivity index (χ2v) is 5.01. The number of ether oxygens (including phenoxy) is 1. The number of aryl methyl sites for hydroxylation is 1. The maximum atomic E-state index is 12.0. The Balaban J connectivity index is 2.03. The molecular weight excluding hydrogens is 264 g/mol. The number of thiazole rings is 1. The summed E-state index contributed by atoms with van der Waals surface area (Å²) in [6.45, 7) is 2.12. The quantitative estimate of drug-likeness (QED) is 0.724. The van der Waals surface area contributed by atoms with Crippen molar-refractivity contribution < 1.29 is 4.74 Å². The van der Waals surface area contributed by atoms with Crippen molar-refractivity contribution in [2.45, 2.75) is 13.5 Å². The molecule has 0 fully saturated rings. The fourth-order valence-corrected chi connectivity index (χ4v) is 2.63. The van der Waals surface area contributed by atoms with Crippen LogP contribution in [0, 0.1) is 6.92 Å². The number of nitrogens with zero attached hydrogens (tertiary/aromatic N) is 4. The molecule has 7 heteroatoms. The Hall–Kier alpha value is -2.15. The fraction of sp³-hybridized carbons (Fsp3) is 0.250. The van der Waals surface area contributed by atoms with Crippen molar-refractivity contribution in [3.63, 3.8) is 0 Å². The lowest BCUT2D eigenvalue weighted by Gasteiger charge is -2.09. The molecule has 0 saturated carbocycles. The van der Waals surface area contributed by atoms with Crippen molar-refractivity contribution in [2.75, 3.05) is 7.11 Å². The Kier molecular flexibility index (Phi) is 2.83. The van der Waals surface area contributed by atoms with Crippen LogP contribution in [-0.4, -0.2) is 26.0 Å². The van der Waals surface area contributed by atoms with E-state index in [0.29, 0.717) is 18.2 Å². The number of rotatable bonds is 3. The van der Waals surface area contributed by atoms with E-state index < -0.39 is 0 Å². The second kappa shape index (κ2) is 4.51. The molecule has 3 aromatic heterocycles. The highest BCUT2D eigenvalue weighted by atomic mass is 32.1. The summed E-state index contributed by atoms with van der Waals surface area (Å²) in [4.78, 5) is 21.5. The molecule has 0 radical (unpaired) electrons. The summed E-state index contributed by atoms with van der Waals surface area (Å²) < 4.78 is 8.56. The number of methoxy groups -OCH3 is 1. The molecule has 0 atom stereocenters. The van der Waals surface area contributed by atoms with Crippen molar-refractivity contribution in [3.8, 4) is 6.01 Å². The van der Waals surface area contributed by atoms with Crippen LogP contribution < -0.4 is 10.3 Å². The van der Waals surface area contributed by atoms with Crippen molar-refractivity contribution in [1.29, 1.82) is 0 Å². The molecule has 3 aromatic rings. The van der Waals surface area contributed by atoms with Gasteiger partial charge in [0.1, 0.15) is 0 Å². The summed E-state index contributed by atoms with van der Waals surface area (Å²) >= 11 is 1.55. The van der Waals surface area contributed by atoms with Crippen LogP contribution in [0.1, 0.15) is 11.4 Å². The molecule has 3 rings (SSSR count). The first-order valence-electron chi connectivity index (χ1n) is 5.71. The van der Waals surface area contributed by atoms with Gasteiger partial charge in [0.2, 0.25) is 0 Å². The van der Waals surface area contributed by atoms with Gasteiger partial charge in [-0.25, -0.2) is 9.97 Å². The minimum Gasteiger partial charge on any atom is -0.468 e. The third-order valence-electron chi connectivity index (χ3n) is 2.75. The van der Waals surface area contributed by atoms with Gasteiger partial charge in [-0.1, -0.05) is 0 Å².